The topological polar surface area (TPSA) is 38.3 Å². The molecular weight excluding hydrogens is 286 g/mol. The van der Waals surface area contributed by atoms with E-state index < -0.39 is 0 Å². The lowest BCUT2D eigenvalue weighted by atomic mass is 9.98. The Balaban J connectivity index is 1.75. The van der Waals surface area contributed by atoms with E-state index in [9.17, 15) is 4.79 Å². The largest absolute Gasteiger partial charge is 0.449 e. The van der Waals surface area contributed by atoms with Crippen LogP contribution in [0, 0.1) is 5.92 Å². The number of carbonyl (C=O) groups excluding carboxylic acids is 1. The predicted octanol–water partition coefficient (Wildman–Crippen LogP) is 4.57. The smallest absolute Gasteiger partial charge is 0.407 e. The van der Waals surface area contributed by atoms with Crippen LogP contribution in [0.3, 0.4) is 0 Å². The summed E-state index contributed by atoms with van der Waals surface area (Å²) < 4.78 is 5.51. The third kappa shape index (κ3) is 3.09. The van der Waals surface area contributed by atoms with Crippen LogP contribution in [0.2, 0.25) is 0 Å². The second-order valence-corrected chi connectivity index (χ2v) is 6.50. The first kappa shape index (κ1) is 15.6. The number of rotatable bonds is 4. The SMILES string of the molecule is CC(C)C(C)NC(=O)OCC1c2ccccc2-c2ccccc21. The molecule has 3 rings (SSSR count). The molecule has 0 saturated heterocycles. The lowest BCUT2D eigenvalue weighted by molar-refractivity contribution is 0.137. The summed E-state index contributed by atoms with van der Waals surface area (Å²) in [6, 6.07) is 16.8. The molecule has 1 aliphatic rings. The van der Waals surface area contributed by atoms with Crippen molar-refractivity contribution >= 4 is 6.09 Å². The maximum Gasteiger partial charge on any atom is 0.407 e. The quantitative estimate of drug-likeness (QED) is 0.898. The van der Waals surface area contributed by atoms with Gasteiger partial charge in [0, 0.05) is 12.0 Å². The number of hydrogen-bond donors (Lipinski definition) is 1. The fourth-order valence-corrected chi connectivity index (χ4v) is 2.99. The van der Waals surface area contributed by atoms with Crippen LogP contribution in [0.4, 0.5) is 4.79 Å². The number of amides is 1. The maximum absolute atomic E-state index is 12.0. The summed E-state index contributed by atoms with van der Waals surface area (Å²) in [5, 5.41) is 2.89. The molecule has 3 nitrogen and oxygen atoms in total. The fourth-order valence-electron chi connectivity index (χ4n) is 2.99. The second kappa shape index (κ2) is 6.45. The molecule has 3 heteroatoms. The molecule has 1 aliphatic carbocycles. The minimum atomic E-state index is -0.340. The molecule has 0 bridgehead atoms. The van der Waals surface area contributed by atoms with Crippen LogP contribution in [0.5, 0.6) is 0 Å². The van der Waals surface area contributed by atoms with E-state index >= 15 is 0 Å². The van der Waals surface area contributed by atoms with E-state index in [2.05, 4.69) is 55.6 Å². The third-order valence-corrected chi connectivity index (χ3v) is 4.69. The number of nitrogens with one attached hydrogen (secondary N) is 1. The molecule has 0 aliphatic heterocycles. The summed E-state index contributed by atoms with van der Waals surface area (Å²) in [5.41, 5.74) is 4.96. The minimum Gasteiger partial charge on any atom is -0.449 e. The van der Waals surface area contributed by atoms with Gasteiger partial charge in [0.1, 0.15) is 6.61 Å². The predicted molar refractivity (Wildman–Crippen MR) is 92.5 cm³/mol. The van der Waals surface area contributed by atoms with E-state index in [-0.39, 0.29) is 18.1 Å². The van der Waals surface area contributed by atoms with Gasteiger partial charge < -0.3 is 10.1 Å². The molecule has 0 heterocycles. The van der Waals surface area contributed by atoms with Gasteiger partial charge in [-0.2, -0.15) is 0 Å². The fraction of sp³-hybridized carbons (Fsp3) is 0.350. The Morgan fingerprint density at radius 3 is 2.04 bits per heavy atom. The average molecular weight is 309 g/mol. The first-order valence-electron chi connectivity index (χ1n) is 8.19. The summed E-state index contributed by atoms with van der Waals surface area (Å²) in [6.45, 7) is 6.51. The van der Waals surface area contributed by atoms with Crippen molar-refractivity contribution in [2.24, 2.45) is 5.92 Å². The first-order chi connectivity index (χ1) is 11.1. The van der Waals surface area contributed by atoms with Crippen LogP contribution in [0.25, 0.3) is 11.1 Å². The van der Waals surface area contributed by atoms with Crippen molar-refractivity contribution in [2.75, 3.05) is 6.61 Å². The lowest BCUT2D eigenvalue weighted by Gasteiger charge is -2.19. The Hall–Kier alpha value is -2.29. The first-order valence-corrected chi connectivity index (χ1v) is 8.19. The van der Waals surface area contributed by atoms with Crippen molar-refractivity contribution < 1.29 is 9.53 Å². The van der Waals surface area contributed by atoms with Gasteiger partial charge in [0.15, 0.2) is 0 Å². The summed E-state index contributed by atoms with van der Waals surface area (Å²) in [6.07, 6.45) is -0.340. The highest BCUT2D eigenvalue weighted by Gasteiger charge is 2.29. The zero-order valence-electron chi connectivity index (χ0n) is 13.9. The number of alkyl carbamates (subject to hydrolysis) is 1. The molecule has 0 spiro atoms. The van der Waals surface area contributed by atoms with Gasteiger partial charge in [0.25, 0.3) is 0 Å². The van der Waals surface area contributed by atoms with Crippen LogP contribution in [-0.4, -0.2) is 18.7 Å². The van der Waals surface area contributed by atoms with Crippen LogP contribution in [0.1, 0.15) is 37.8 Å². The van der Waals surface area contributed by atoms with Gasteiger partial charge in [0.05, 0.1) is 0 Å². The van der Waals surface area contributed by atoms with Crippen LogP contribution >= 0.6 is 0 Å². The van der Waals surface area contributed by atoms with E-state index in [1.165, 1.54) is 22.3 Å². The van der Waals surface area contributed by atoms with Crippen molar-refractivity contribution in [1.82, 2.24) is 5.32 Å². The summed E-state index contributed by atoms with van der Waals surface area (Å²) >= 11 is 0. The van der Waals surface area contributed by atoms with E-state index in [1.54, 1.807) is 0 Å². The molecule has 23 heavy (non-hydrogen) atoms. The van der Waals surface area contributed by atoms with Gasteiger partial charge in [-0.1, -0.05) is 62.4 Å². The molecule has 1 unspecified atom stereocenters. The standard InChI is InChI=1S/C20H23NO2/c1-13(2)14(3)21-20(22)23-12-19-17-10-6-4-8-15(17)16-9-5-7-11-18(16)19/h4-11,13-14,19H,12H2,1-3H3,(H,21,22). The van der Waals surface area contributed by atoms with Gasteiger partial charge >= 0.3 is 6.09 Å². The molecule has 0 aromatic heterocycles. The third-order valence-electron chi connectivity index (χ3n) is 4.69. The van der Waals surface area contributed by atoms with Crippen molar-refractivity contribution in [3.8, 4) is 11.1 Å². The molecule has 2 aromatic rings. The van der Waals surface area contributed by atoms with Gasteiger partial charge in [-0.15, -0.1) is 0 Å². The molecule has 120 valence electrons. The Morgan fingerprint density at radius 2 is 1.52 bits per heavy atom. The van der Waals surface area contributed by atoms with Crippen molar-refractivity contribution in [3.05, 3.63) is 59.7 Å². The number of carbonyl (C=O) groups is 1. The summed E-state index contributed by atoms with van der Waals surface area (Å²) in [5.74, 6) is 0.498. The molecule has 1 atom stereocenters. The monoisotopic (exact) mass is 309 g/mol. The molecular formula is C20H23NO2. The van der Waals surface area contributed by atoms with E-state index in [1.807, 2.05) is 19.1 Å². The van der Waals surface area contributed by atoms with Crippen LogP contribution < -0.4 is 5.32 Å². The average Bonchev–Trinajstić information content (AvgIpc) is 2.87. The van der Waals surface area contributed by atoms with Crippen LogP contribution in [-0.2, 0) is 4.74 Å². The normalized spacial score (nSPS) is 14.3. The maximum atomic E-state index is 12.0. The lowest BCUT2D eigenvalue weighted by Crippen LogP contribution is -2.37. The number of fused-ring (bicyclic) bond motifs is 3. The Bertz CT molecular complexity index is 663. The van der Waals surface area contributed by atoms with E-state index in [0.29, 0.717) is 12.5 Å². The molecule has 0 fully saturated rings. The van der Waals surface area contributed by atoms with Gasteiger partial charge in [-0.05, 0) is 35.1 Å². The zero-order valence-corrected chi connectivity index (χ0v) is 13.9. The Morgan fingerprint density at radius 1 is 1.00 bits per heavy atom. The van der Waals surface area contributed by atoms with Crippen molar-refractivity contribution in [2.45, 2.75) is 32.7 Å². The van der Waals surface area contributed by atoms with Gasteiger partial charge in [0.2, 0.25) is 0 Å². The highest BCUT2D eigenvalue weighted by Crippen LogP contribution is 2.44. The van der Waals surface area contributed by atoms with Crippen molar-refractivity contribution in [1.29, 1.82) is 0 Å². The van der Waals surface area contributed by atoms with Gasteiger partial charge in [-0.3, -0.25) is 0 Å². The Kier molecular flexibility index (Phi) is 4.37. The van der Waals surface area contributed by atoms with Crippen LogP contribution in [0.15, 0.2) is 48.5 Å². The highest BCUT2D eigenvalue weighted by atomic mass is 16.5. The molecule has 2 aromatic carbocycles. The molecule has 0 saturated carbocycles. The van der Waals surface area contributed by atoms with E-state index in [0.717, 1.165) is 0 Å². The molecule has 1 N–H and O–H groups in total. The van der Waals surface area contributed by atoms with E-state index in [4.69, 9.17) is 4.74 Å². The second-order valence-electron chi connectivity index (χ2n) is 6.50. The molecule has 1 amide bonds. The minimum absolute atomic E-state index is 0.102. The van der Waals surface area contributed by atoms with Gasteiger partial charge in [-0.25, -0.2) is 4.79 Å². The summed E-state index contributed by atoms with van der Waals surface area (Å²) in [7, 11) is 0. The zero-order chi connectivity index (χ0) is 16.4. The highest BCUT2D eigenvalue weighted by molar-refractivity contribution is 5.79. The Labute approximate surface area is 137 Å². The number of hydrogen-bond acceptors (Lipinski definition) is 2. The number of ether oxygens (including phenoxy) is 1. The van der Waals surface area contributed by atoms with Crippen molar-refractivity contribution in [3.63, 3.8) is 0 Å². The number of benzene rings is 2. The molecule has 0 radical (unpaired) electrons. The summed E-state index contributed by atoms with van der Waals surface area (Å²) in [4.78, 5) is 12.0.